The first-order valence-corrected chi connectivity index (χ1v) is 37.7. The highest BCUT2D eigenvalue weighted by molar-refractivity contribution is 8.76. The van der Waals surface area contributed by atoms with Crippen LogP contribution in [0.4, 0.5) is 9.59 Å². The van der Waals surface area contributed by atoms with E-state index < -0.39 is 137 Å². The first-order valence-electron chi connectivity index (χ1n) is 34.2. The summed E-state index contributed by atoms with van der Waals surface area (Å²) in [7, 11) is 2.03. The number of carbonyl (C=O) groups is 9. The number of hydrogen-bond donors (Lipinski definition) is 12. The van der Waals surface area contributed by atoms with Crippen LogP contribution in [0.1, 0.15) is 106 Å². The summed E-state index contributed by atoms with van der Waals surface area (Å²) in [5, 5.41) is 57.0. The Bertz CT molecular complexity index is 3700. The minimum atomic E-state index is -1.76. The molecule has 2 aliphatic rings. The molecule has 9 amide bonds. The van der Waals surface area contributed by atoms with E-state index in [2.05, 4.69) is 47.9 Å². The molecule has 12 N–H and O–H groups in total. The third kappa shape index (κ3) is 23.3. The molecule has 1 heterocycles. The monoisotopic (exact) mass is 1450 g/mol. The molecule has 1 aliphatic heterocycles. The summed E-state index contributed by atoms with van der Waals surface area (Å²) in [6.45, 7) is 7.16. The number of ketones is 1. The van der Waals surface area contributed by atoms with Crippen LogP contribution in [0.15, 0.2) is 182 Å². The number of nitrogens with one attached hydrogen (secondary N) is 9. The molecular weight excluding hydrogens is 1360 g/mol. The highest BCUT2D eigenvalue weighted by atomic mass is 33.1. The molecule has 102 heavy (non-hydrogen) atoms. The molecule has 0 unspecified atom stereocenters. The highest BCUT2D eigenvalue weighted by Gasteiger charge is 2.40. The molecule has 6 aromatic carbocycles. The summed E-state index contributed by atoms with van der Waals surface area (Å²) in [5.74, 6) is -7.34. The van der Waals surface area contributed by atoms with Gasteiger partial charge in [0, 0.05) is 43.2 Å². The predicted octanol–water partition coefficient (Wildman–Crippen LogP) is 7.18. The number of aliphatic hydroxyl groups excluding tert-OH is 3. The lowest BCUT2D eigenvalue weighted by Crippen LogP contribution is -2.61. The van der Waals surface area contributed by atoms with Crippen LogP contribution in [-0.2, 0) is 62.3 Å². The fourth-order valence-electron chi connectivity index (χ4n) is 12.0. The second kappa shape index (κ2) is 38.9. The van der Waals surface area contributed by atoms with Crippen molar-refractivity contribution in [1.29, 1.82) is 0 Å². The summed E-state index contributed by atoms with van der Waals surface area (Å²) in [5.41, 5.74) is 5.98. The van der Waals surface area contributed by atoms with Gasteiger partial charge in [0.25, 0.3) is 0 Å². The Hall–Kier alpha value is -8.98. The Morgan fingerprint density at radius 3 is 1.77 bits per heavy atom. The molecule has 10 atom stereocenters. The van der Waals surface area contributed by atoms with E-state index in [9.17, 15) is 39.3 Å². The zero-order valence-electron chi connectivity index (χ0n) is 57.9. The number of alkyl carbamates (subject to hydrolysis) is 1. The normalized spacial score (nSPS) is 20.0. The molecule has 0 spiro atoms. The van der Waals surface area contributed by atoms with Crippen LogP contribution in [0.5, 0.6) is 0 Å². The number of amides is 9. The highest BCUT2D eigenvalue weighted by Crippen LogP contribution is 2.48. The van der Waals surface area contributed by atoms with Crippen molar-refractivity contribution >= 4 is 92.3 Å². The first-order chi connectivity index (χ1) is 49.0. The Morgan fingerprint density at radius 1 is 0.627 bits per heavy atom. The van der Waals surface area contributed by atoms with Crippen LogP contribution < -0.4 is 47.9 Å². The number of allylic oxidation sites excluding steroid dienone is 1. The number of hydrogen-bond acceptors (Lipinski definition) is 16. The topological polar surface area (TPSA) is 332 Å². The molecule has 0 saturated carbocycles. The number of urea groups is 1. The Balaban J connectivity index is 1.14. The maximum atomic E-state index is 15.5. The lowest BCUT2D eigenvalue weighted by molar-refractivity contribution is -0.136. The number of thioether (sulfide) groups is 1. The van der Waals surface area contributed by atoms with Gasteiger partial charge in [-0.05, 0) is 111 Å². The van der Waals surface area contributed by atoms with Crippen molar-refractivity contribution in [2.24, 2.45) is 5.92 Å². The largest absolute Gasteiger partial charge is 0.444 e. The average Bonchev–Trinajstić information content (AvgIpc) is 0.886. The number of benzene rings is 6. The predicted molar refractivity (Wildman–Crippen MR) is 398 cm³/mol. The Morgan fingerprint density at radius 2 is 1.19 bits per heavy atom. The number of aliphatic hydroxyl groups is 3. The lowest BCUT2D eigenvalue weighted by Gasteiger charge is -2.35. The van der Waals surface area contributed by atoms with Gasteiger partial charge in [-0.15, -0.1) is 11.8 Å². The number of fused-ring (bicyclic) bond motifs is 1. The number of rotatable bonds is 25. The molecule has 22 nitrogen and oxygen atoms in total. The van der Waals surface area contributed by atoms with Crippen LogP contribution in [0.2, 0.25) is 0 Å². The molecular formula is C77H93N9O13S3. The third-order valence-corrected chi connectivity index (χ3v) is 21.2. The quantitative estimate of drug-likeness (QED) is 0.0117. The van der Waals surface area contributed by atoms with E-state index in [1.54, 1.807) is 75.4 Å². The fraction of sp³-hybridized carbons (Fsp3) is 0.390. The smallest absolute Gasteiger partial charge is 0.407 e. The summed E-state index contributed by atoms with van der Waals surface area (Å²) >= 11 is 1.47. The molecule has 8 rings (SSSR count). The van der Waals surface area contributed by atoms with Crippen LogP contribution in [0, 0.1) is 5.92 Å². The SMILES string of the molecule is C[C@@H](O)[C@@H]1NC(=O)[C@H](CCCCNC(=O)OC(C)(C)C)NC(=O)[C@@H](CC2=CCc3ccccc32)NC(=O)[C@H](Cc2ccccc2)CC(=O)[C@@H](NC(=O)[C@@H](Cc2ccccc2)NC(=O)NCSC(c2ccccc2)(c2ccccc2)c2ccccc2)CSSC[C@@H](C(=O)N[C@H](CO)[C@@H](C)O)NC1=O. The second-order valence-electron chi connectivity index (χ2n) is 26.3. The molecule has 0 bridgehead atoms. The molecule has 0 radical (unpaired) electrons. The van der Waals surface area contributed by atoms with Gasteiger partial charge in [0.15, 0.2) is 5.78 Å². The lowest BCUT2D eigenvalue weighted by atomic mass is 9.84. The van der Waals surface area contributed by atoms with E-state index in [1.165, 1.54) is 25.6 Å². The summed E-state index contributed by atoms with van der Waals surface area (Å²) in [6.07, 6.45) is -1.28. The fourth-order valence-corrected chi connectivity index (χ4v) is 15.7. The van der Waals surface area contributed by atoms with Gasteiger partial charge in [-0.1, -0.05) is 204 Å². The van der Waals surface area contributed by atoms with Crippen LogP contribution in [-0.4, -0.2) is 159 Å². The molecule has 1 aliphatic carbocycles. The molecule has 542 valence electrons. The maximum absolute atomic E-state index is 15.5. The summed E-state index contributed by atoms with van der Waals surface area (Å²) < 4.78 is 4.58. The summed E-state index contributed by atoms with van der Waals surface area (Å²) in [6, 6.07) is 44.6. The molecule has 1 saturated heterocycles. The number of Topliss-reactive ketones (excluding diaryl/α,β-unsaturated/α-hetero) is 1. The Labute approximate surface area is 608 Å². The minimum absolute atomic E-state index is 0.0157. The van der Waals surface area contributed by atoms with E-state index in [0.29, 0.717) is 17.5 Å². The van der Waals surface area contributed by atoms with Gasteiger partial charge in [-0.3, -0.25) is 33.6 Å². The van der Waals surface area contributed by atoms with Crippen LogP contribution in [0.3, 0.4) is 0 Å². The van der Waals surface area contributed by atoms with Crippen molar-refractivity contribution in [3.8, 4) is 0 Å². The zero-order valence-corrected chi connectivity index (χ0v) is 60.4. The zero-order chi connectivity index (χ0) is 73.2. The standard InChI is InChI=1S/C77H93N9O13S3/c1-49(88)63(45-87)82-72(95)65-47-102-101-46-64(83-70(93)61(42-52-27-13-7-14-28-52)85-74(97)79-48-100-77(56-30-15-8-16-31-56,57-32-17-9-18-33-57)58-34-19-10-20-35-58)66(90)44-55(41-51-25-11-6-12-26-51)68(91)81-62(43-54-39-38-53-29-21-22-36-59(53)54)71(94)80-60(69(92)86-67(50(2)89)73(96)84-65)37-23-24-40-78-75(98)99-76(3,4)5/h6-22,25-36,39,49-50,55,60-65,67,87-89H,23-24,37-38,40-48H2,1-5H3,(H,78,98)(H,80,94)(H,81,91)(H,82,95)(H,83,93)(H,84,96)(H,86,92)(H2,79,85,97)/t49-,50-,55-,60+,61-,62-,63-,64+,65+,67+/m1/s1. The molecule has 25 heteroatoms. The maximum Gasteiger partial charge on any atom is 0.407 e. The van der Waals surface area contributed by atoms with Gasteiger partial charge in [0.1, 0.15) is 35.8 Å². The van der Waals surface area contributed by atoms with Gasteiger partial charge in [0.05, 0.1) is 41.5 Å². The van der Waals surface area contributed by atoms with Gasteiger partial charge in [0.2, 0.25) is 35.4 Å². The number of unbranched alkanes of at least 4 members (excludes halogenated alkanes) is 1. The Kier molecular flexibility index (Phi) is 30.0. The van der Waals surface area contributed by atoms with E-state index in [-0.39, 0.29) is 62.5 Å². The van der Waals surface area contributed by atoms with E-state index in [1.807, 2.05) is 127 Å². The van der Waals surface area contributed by atoms with Gasteiger partial charge >= 0.3 is 12.1 Å². The number of carbonyl (C=O) groups excluding carboxylic acids is 9. The van der Waals surface area contributed by atoms with Crippen LogP contribution >= 0.6 is 33.3 Å². The van der Waals surface area contributed by atoms with Gasteiger partial charge in [-0.2, -0.15) is 0 Å². The summed E-state index contributed by atoms with van der Waals surface area (Å²) in [4.78, 5) is 132. The van der Waals surface area contributed by atoms with Crippen molar-refractivity contribution in [3.05, 3.63) is 221 Å². The third-order valence-electron chi connectivity index (χ3n) is 17.4. The first kappa shape index (κ1) is 78.7. The van der Waals surface area contributed by atoms with Crippen LogP contribution in [0.25, 0.3) is 5.57 Å². The van der Waals surface area contributed by atoms with E-state index in [4.69, 9.17) is 4.74 Å². The van der Waals surface area contributed by atoms with Gasteiger partial charge in [-0.25, -0.2) is 9.59 Å². The van der Waals surface area contributed by atoms with Crippen molar-refractivity contribution < 1.29 is 63.2 Å². The molecule has 1 fully saturated rings. The molecule has 0 aromatic heterocycles. The average molecular weight is 1450 g/mol. The van der Waals surface area contributed by atoms with E-state index in [0.717, 1.165) is 55.0 Å². The van der Waals surface area contributed by atoms with Crippen molar-refractivity contribution in [3.63, 3.8) is 0 Å². The number of ether oxygens (including phenoxy) is 1. The minimum Gasteiger partial charge on any atom is -0.444 e. The van der Waals surface area contributed by atoms with Crippen molar-refractivity contribution in [1.82, 2.24) is 47.9 Å². The van der Waals surface area contributed by atoms with Crippen molar-refractivity contribution in [2.45, 2.75) is 151 Å². The second-order valence-corrected chi connectivity index (χ2v) is 30.1. The van der Waals surface area contributed by atoms with Gasteiger partial charge < -0.3 is 67.9 Å². The van der Waals surface area contributed by atoms with E-state index >= 15 is 19.2 Å². The molecule has 6 aromatic rings. The van der Waals surface area contributed by atoms with Crippen molar-refractivity contribution in [2.75, 3.05) is 30.5 Å².